The smallest absolute Gasteiger partial charge is 0.408 e. The molecule has 0 heterocycles. The monoisotopic (exact) mass is 566 g/mol. The van der Waals surface area contributed by atoms with Crippen molar-refractivity contribution in [2.45, 2.75) is 104 Å². The predicted molar refractivity (Wildman–Crippen MR) is 154 cm³/mol. The Balaban J connectivity index is 1.51. The number of hydrogen-bond acceptors (Lipinski definition) is 7. The van der Waals surface area contributed by atoms with Crippen molar-refractivity contribution in [3.8, 4) is 0 Å². The van der Waals surface area contributed by atoms with Gasteiger partial charge in [-0.15, -0.1) is 0 Å². The number of alkyl carbamates (subject to hydrolysis) is 1. The summed E-state index contributed by atoms with van der Waals surface area (Å²) in [6.45, 7) is 7.52. The Labute approximate surface area is 242 Å². The van der Waals surface area contributed by atoms with Crippen molar-refractivity contribution in [2.75, 3.05) is 0 Å². The molecule has 1 aliphatic rings. The fourth-order valence-corrected chi connectivity index (χ4v) is 4.39. The number of ether oxygens (including phenoxy) is 3. The van der Waals surface area contributed by atoms with Crippen molar-refractivity contribution < 1.29 is 33.4 Å². The summed E-state index contributed by atoms with van der Waals surface area (Å²) in [4.78, 5) is 50.2. The lowest BCUT2D eigenvalue weighted by molar-refractivity contribution is -0.157. The highest BCUT2D eigenvalue weighted by Crippen LogP contribution is 2.21. The number of esters is 2. The highest BCUT2D eigenvalue weighted by molar-refractivity contribution is 5.86. The molecule has 1 aliphatic carbocycles. The van der Waals surface area contributed by atoms with Gasteiger partial charge in [-0.05, 0) is 70.1 Å². The van der Waals surface area contributed by atoms with Gasteiger partial charge in [-0.2, -0.15) is 0 Å². The summed E-state index contributed by atoms with van der Waals surface area (Å²) in [7, 11) is 0. The van der Waals surface area contributed by atoms with E-state index in [1.165, 1.54) is 0 Å². The first-order valence-corrected chi connectivity index (χ1v) is 14.2. The molecule has 222 valence electrons. The zero-order chi connectivity index (χ0) is 29.8. The average molecular weight is 567 g/mol. The second kappa shape index (κ2) is 15.2. The van der Waals surface area contributed by atoms with Crippen molar-refractivity contribution in [3.63, 3.8) is 0 Å². The second-order valence-electron chi connectivity index (χ2n) is 11.5. The lowest BCUT2D eigenvalue weighted by Gasteiger charge is -2.24. The Kier molecular flexibility index (Phi) is 11.7. The highest BCUT2D eigenvalue weighted by atomic mass is 16.6. The van der Waals surface area contributed by atoms with E-state index in [1.807, 2.05) is 31.2 Å². The maximum Gasteiger partial charge on any atom is 0.408 e. The molecule has 0 aromatic heterocycles. The minimum absolute atomic E-state index is 0.0666. The number of rotatable bonds is 11. The maximum absolute atomic E-state index is 12.9. The number of nitrogens with one attached hydrogen (secondary N) is 2. The number of amides is 2. The van der Waals surface area contributed by atoms with E-state index >= 15 is 0 Å². The Hall–Kier alpha value is -3.88. The molecule has 41 heavy (non-hydrogen) atoms. The highest BCUT2D eigenvalue weighted by Gasteiger charge is 2.30. The van der Waals surface area contributed by atoms with Gasteiger partial charge in [0.1, 0.15) is 24.4 Å². The summed E-state index contributed by atoms with van der Waals surface area (Å²) in [5.74, 6) is -1.43. The molecule has 1 saturated carbocycles. The van der Waals surface area contributed by atoms with Crippen LogP contribution in [0.4, 0.5) is 4.79 Å². The Morgan fingerprint density at radius 2 is 1.49 bits per heavy atom. The predicted octanol–water partition coefficient (Wildman–Crippen LogP) is 5.06. The van der Waals surface area contributed by atoms with Gasteiger partial charge in [-0.25, -0.2) is 9.59 Å². The molecular weight excluding hydrogens is 524 g/mol. The van der Waals surface area contributed by atoms with E-state index in [9.17, 15) is 19.2 Å². The summed E-state index contributed by atoms with van der Waals surface area (Å²) in [5.41, 5.74) is 2.93. The average Bonchev–Trinajstić information content (AvgIpc) is 2.91. The molecule has 9 heteroatoms. The molecule has 1 fully saturated rings. The summed E-state index contributed by atoms with van der Waals surface area (Å²) >= 11 is 0. The summed E-state index contributed by atoms with van der Waals surface area (Å²) in [5, 5.41) is 5.37. The molecule has 2 aromatic rings. The van der Waals surface area contributed by atoms with Crippen LogP contribution in [0.15, 0.2) is 48.5 Å². The standard InChI is InChI=1S/C32H42N2O7/c1-22-10-12-24(13-11-22)20-33-28(35)18-23-14-16-25(17-15-23)21-39-30(37)27(34-31(38)41-32(2,3)4)19-29(36)40-26-8-6-5-7-9-26/h10-17,26-27H,5-9,18-21H2,1-4H3,(H,33,35)(H,34,38)/t27-/m0/s1. The van der Waals surface area contributed by atoms with E-state index in [0.29, 0.717) is 12.1 Å². The van der Waals surface area contributed by atoms with Crippen molar-refractivity contribution in [1.82, 2.24) is 10.6 Å². The molecule has 0 aliphatic heterocycles. The van der Waals surface area contributed by atoms with E-state index < -0.39 is 29.7 Å². The third-order valence-corrected chi connectivity index (χ3v) is 6.58. The summed E-state index contributed by atoms with van der Waals surface area (Å²) in [6, 6.07) is 13.9. The first-order chi connectivity index (χ1) is 19.5. The number of hydrogen-bond donors (Lipinski definition) is 2. The molecule has 3 rings (SSSR count). The normalized spacial score (nSPS) is 14.4. The quantitative estimate of drug-likeness (QED) is 0.288. The van der Waals surface area contributed by atoms with Gasteiger partial charge in [0.05, 0.1) is 12.8 Å². The van der Waals surface area contributed by atoms with Crippen LogP contribution in [0, 0.1) is 6.92 Å². The summed E-state index contributed by atoms with van der Waals surface area (Å²) in [6.07, 6.45) is 3.57. The fourth-order valence-electron chi connectivity index (χ4n) is 4.39. The van der Waals surface area contributed by atoms with Crippen LogP contribution in [0.25, 0.3) is 0 Å². The van der Waals surface area contributed by atoms with E-state index in [2.05, 4.69) is 10.6 Å². The Morgan fingerprint density at radius 3 is 2.12 bits per heavy atom. The van der Waals surface area contributed by atoms with Crippen molar-refractivity contribution >= 4 is 23.9 Å². The first-order valence-electron chi connectivity index (χ1n) is 14.2. The molecule has 0 unspecified atom stereocenters. The van der Waals surface area contributed by atoms with Crippen LogP contribution in [0.1, 0.15) is 81.5 Å². The van der Waals surface area contributed by atoms with Crippen LogP contribution in [-0.4, -0.2) is 41.7 Å². The van der Waals surface area contributed by atoms with Crippen LogP contribution in [0.3, 0.4) is 0 Å². The topological polar surface area (TPSA) is 120 Å². The number of aryl methyl sites for hydroxylation is 1. The molecule has 9 nitrogen and oxygen atoms in total. The van der Waals surface area contributed by atoms with Crippen molar-refractivity contribution in [1.29, 1.82) is 0 Å². The number of carbonyl (C=O) groups excluding carboxylic acids is 4. The molecule has 0 radical (unpaired) electrons. The SMILES string of the molecule is Cc1ccc(CNC(=O)Cc2ccc(COC(=O)[C@H](CC(=O)OC3CCCCC3)NC(=O)OC(C)(C)C)cc2)cc1. The summed E-state index contributed by atoms with van der Waals surface area (Å²) < 4.78 is 16.2. The van der Waals surface area contributed by atoms with Crippen LogP contribution >= 0.6 is 0 Å². The van der Waals surface area contributed by atoms with Crippen molar-refractivity contribution in [2.24, 2.45) is 0 Å². The second-order valence-corrected chi connectivity index (χ2v) is 11.5. The van der Waals surface area contributed by atoms with Gasteiger partial charge in [0.15, 0.2) is 0 Å². The third kappa shape index (κ3) is 12.0. The fraction of sp³-hybridized carbons (Fsp3) is 0.500. The van der Waals surface area contributed by atoms with Crippen LogP contribution in [-0.2, 0) is 48.2 Å². The first kappa shape index (κ1) is 31.6. The van der Waals surface area contributed by atoms with Gasteiger partial charge in [0.25, 0.3) is 0 Å². The van der Waals surface area contributed by atoms with Crippen LogP contribution < -0.4 is 10.6 Å². The van der Waals surface area contributed by atoms with Crippen LogP contribution in [0.2, 0.25) is 0 Å². The van der Waals surface area contributed by atoms with Gasteiger partial charge >= 0.3 is 18.0 Å². The van der Waals surface area contributed by atoms with Gasteiger partial charge < -0.3 is 24.8 Å². The van der Waals surface area contributed by atoms with Gasteiger partial charge in [0, 0.05) is 6.54 Å². The largest absolute Gasteiger partial charge is 0.462 e. The van der Waals surface area contributed by atoms with Gasteiger partial charge in [-0.1, -0.05) is 60.5 Å². The molecule has 0 bridgehead atoms. The van der Waals surface area contributed by atoms with E-state index in [1.54, 1.807) is 45.0 Å². The molecular formula is C32H42N2O7. The molecule has 2 N–H and O–H groups in total. The lowest BCUT2D eigenvalue weighted by Crippen LogP contribution is -2.45. The number of benzene rings is 2. The Morgan fingerprint density at radius 1 is 0.878 bits per heavy atom. The molecule has 0 saturated heterocycles. The van der Waals surface area contributed by atoms with Gasteiger partial charge in [-0.3, -0.25) is 9.59 Å². The molecule has 1 atom stereocenters. The minimum Gasteiger partial charge on any atom is -0.462 e. The van der Waals surface area contributed by atoms with E-state index in [4.69, 9.17) is 14.2 Å². The van der Waals surface area contributed by atoms with E-state index in [0.717, 1.165) is 48.8 Å². The lowest BCUT2D eigenvalue weighted by atomic mass is 9.98. The molecule has 2 amide bonds. The third-order valence-electron chi connectivity index (χ3n) is 6.58. The zero-order valence-corrected chi connectivity index (χ0v) is 24.5. The molecule has 2 aromatic carbocycles. The van der Waals surface area contributed by atoms with E-state index in [-0.39, 0.29) is 31.5 Å². The number of carbonyl (C=O) groups is 4. The minimum atomic E-state index is -1.25. The van der Waals surface area contributed by atoms with Crippen LogP contribution in [0.5, 0.6) is 0 Å². The maximum atomic E-state index is 12.9. The zero-order valence-electron chi connectivity index (χ0n) is 24.5. The Bertz CT molecular complexity index is 1160. The van der Waals surface area contributed by atoms with Crippen molar-refractivity contribution in [3.05, 3.63) is 70.8 Å². The molecule has 0 spiro atoms. The van der Waals surface area contributed by atoms with Gasteiger partial charge in [0.2, 0.25) is 5.91 Å².